The summed E-state index contributed by atoms with van der Waals surface area (Å²) in [6.45, 7) is 5.28. The Hall–Kier alpha value is -0.770. The minimum Gasteiger partial charge on any atom is -0.356 e. The largest absolute Gasteiger partial charge is 0.356 e. The minimum absolute atomic E-state index is 0.0755. The SMILES string of the molecule is CCCNC(=O)[C@H]1CCCN(Cc2c(Cl)cccc2Cl)C1. The molecule has 0 bridgehead atoms. The lowest BCUT2D eigenvalue weighted by molar-refractivity contribution is -0.126. The number of piperidine rings is 1. The van der Waals surface area contributed by atoms with E-state index in [1.54, 1.807) is 0 Å². The summed E-state index contributed by atoms with van der Waals surface area (Å²) in [6.07, 6.45) is 2.96. The number of hydrogen-bond acceptors (Lipinski definition) is 2. The first-order valence-electron chi connectivity index (χ1n) is 7.54. The fourth-order valence-electron chi connectivity index (χ4n) is 2.71. The number of halogens is 2. The van der Waals surface area contributed by atoms with Gasteiger partial charge in [0.25, 0.3) is 0 Å². The van der Waals surface area contributed by atoms with Gasteiger partial charge in [0.05, 0.1) is 5.92 Å². The Morgan fingerprint density at radius 1 is 1.38 bits per heavy atom. The summed E-state index contributed by atoms with van der Waals surface area (Å²) >= 11 is 12.5. The summed E-state index contributed by atoms with van der Waals surface area (Å²) < 4.78 is 0. The Morgan fingerprint density at radius 3 is 2.76 bits per heavy atom. The molecule has 0 aromatic heterocycles. The van der Waals surface area contributed by atoms with E-state index in [9.17, 15) is 4.79 Å². The second-order valence-electron chi connectivity index (χ2n) is 5.57. The quantitative estimate of drug-likeness (QED) is 0.893. The van der Waals surface area contributed by atoms with Crippen molar-refractivity contribution in [2.75, 3.05) is 19.6 Å². The van der Waals surface area contributed by atoms with Crippen molar-refractivity contribution in [1.29, 1.82) is 0 Å². The summed E-state index contributed by atoms with van der Waals surface area (Å²) in [5.74, 6) is 0.248. The van der Waals surface area contributed by atoms with Crippen molar-refractivity contribution in [2.24, 2.45) is 5.92 Å². The molecule has 1 aliphatic rings. The average Bonchev–Trinajstić information content (AvgIpc) is 2.49. The number of rotatable bonds is 5. The van der Waals surface area contributed by atoms with E-state index in [4.69, 9.17) is 23.2 Å². The predicted octanol–water partition coefficient (Wildman–Crippen LogP) is 3.73. The van der Waals surface area contributed by atoms with E-state index in [1.165, 1.54) is 0 Å². The van der Waals surface area contributed by atoms with Crippen molar-refractivity contribution in [2.45, 2.75) is 32.7 Å². The summed E-state index contributed by atoms with van der Waals surface area (Å²) in [5.41, 5.74) is 0.954. The van der Waals surface area contributed by atoms with E-state index < -0.39 is 0 Å². The molecular formula is C16H22Cl2N2O. The van der Waals surface area contributed by atoms with Gasteiger partial charge in [0.1, 0.15) is 0 Å². The maximum absolute atomic E-state index is 12.1. The number of carbonyl (C=O) groups excluding carboxylic acids is 1. The third-order valence-corrected chi connectivity index (χ3v) is 4.58. The van der Waals surface area contributed by atoms with Gasteiger partial charge in [0, 0.05) is 35.2 Å². The second-order valence-corrected chi connectivity index (χ2v) is 6.38. The Morgan fingerprint density at radius 2 is 2.10 bits per heavy atom. The monoisotopic (exact) mass is 328 g/mol. The highest BCUT2D eigenvalue weighted by Crippen LogP contribution is 2.27. The highest BCUT2D eigenvalue weighted by molar-refractivity contribution is 6.35. The molecule has 1 saturated heterocycles. The van der Waals surface area contributed by atoms with Gasteiger partial charge in [-0.2, -0.15) is 0 Å². The van der Waals surface area contributed by atoms with E-state index in [1.807, 2.05) is 18.2 Å². The van der Waals surface area contributed by atoms with Crippen molar-refractivity contribution in [3.05, 3.63) is 33.8 Å². The van der Waals surface area contributed by atoms with Crippen LogP contribution in [0.3, 0.4) is 0 Å². The molecule has 1 atom stereocenters. The van der Waals surface area contributed by atoms with Crippen molar-refractivity contribution in [3.63, 3.8) is 0 Å². The van der Waals surface area contributed by atoms with Crippen LogP contribution in [0.15, 0.2) is 18.2 Å². The van der Waals surface area contributed by atoms with Crippen LogP contribution < -0.4 is 5.32 Å². The molecule has 116 valence electrons. The Bertz CT molecular complexity index is 473. The third kappa shape index (κ3) is 4.60. The maximum Gasteiger partial charge on any atom is 0.224 e. The molecule has 2 rings (SSSR count). The van der Waals surface area contributed by atoms with Gasteiger partial charge in [-0.3, -0.25) is 9.69 Å². The molecule has 0 spiro atoms. The van der Waals surface area contributed by atoms with Gasteiger partial charge >= 0.3 is 0 Å². The summed E-state index contributed by atoms with van der Waals surface area (Å²) in [5, 5.41) is 4.38. The van der Waals surface area contributed by atoms with E-state index >= 15 is 0 Å². The first kappa shape index (κ1) is 16.6. The number of benzene rings is 1. The molecular weight excluding hydrogens is 307 g/mol. The van der Waals surface area contributed by atoms with E-state index in [0.29, 0.717) is 16.6 Å². The molecule has 1 aliphatic heterocycles. The fourth-order valence-corrected chi connectivity index (χ4v) is 3.23. The topological polar surface area (TPSA) is 32.3 Å². The van der Waals surface area contributed by atoms with Crippen LogP contribution in [-0.4, -0.2) is 30.4 Å². The number of amides is 1. The van der Waals surface area contributed by atoms with Crippen LogP contribution in [0.25, 0.3) is 0 Å². The standard InChI is InChI=1S/C16H22Cl2N2O/c1-2-8-19-16(21)12-5-4-9-20(10-12)11-13-14(17)6-3-7-15(13)18/h3,6-7,12H,2,4-5,8-11H2,1H3,(H,19,21)/t12-/m0/s1. The molecule has 1 heterocycles. The zero-order valence-corrected chi connectivity index (χ0v) is 13.9. The van der Waals surface area contributed by atoms with Gasteiger partial charge in [-0.05, 0) is 37.9 Å². The van der Waals surface area contributed by atoms with Crippen LogP contribution >= 0.6 is 23.2 Å². The summed E-state index contributed by atoms with van der Waals surface area (Å²) in [7, 11) is 0. The molecule has 1 fully saturated rings. The third-order valence-electron chi connectivity index (χ3n) is 3.87. The highest BCUT2D eigenvalue weighted by atomic mass is 35.5. The van der Waals surface area contributed by atoms with Crippen molar-refractivity contribution >= 4 is 29.1 Å². The second kappa shape index (κ2) is 8.02. The van der Waals surface area contributed by atoms with Gasteiger partial charge in [-0.15, -0.1) is 0 Å². The smallest absolute Gasteiger partial charge is 0.224 e. The van der Waals surface area contributed by atoms with Gasteiger partial charge in [-0.25, -0.2) is 0 Å². The lowest BCUT2D eigenvalue weighted by Crippen LogP contribution is -2.42. The number of likely N-dealkylation sites (tertiary alicyclic amines) is 1. The molecule has 0 unspecified atom stereocenters. The number of carbonyl (C=O) groups is 1. The number of nitrogens with one attached hydrogen (secondary N) is 1. The molecule has 5 heteroatoms. The normalized spacial score (nSPS) is 19.5. The molecule has 0 saturated carbocycles. The van der Waals surface area contributed by atoms with E-state index in [2.05, 4.69) is 17.1 Å². The van der Waals surface area contributed by atoms with Gasteiger partial charge < -0.3 is 5.32 Å². The molecule has 0 aliphatic carbocycles. The number of nitrogens with zero attached hydrogens (tertiary/aromatic N) is 1. The molecule has 1 aromatic carbocycles. The fraction of sp³-hybridized carbons (Fsp3) is 0.562. The average molecular weight is 329 g/mol. The van der Waals surface area contributed by atoms with Crippen LogP contribution in [0.2, 0.25) is 10.0 Å². The van der Waals surface area contributed by atoms with Crippen LogP contribution in [0, 0.1) is 5.92 Å². The summed E-state index contributed by atoms with van der Waals surface area (Å²) in [6, 6.07) is 5.57. The van der Waals surface area contributed by atoms with Crippen molar-refractivity contribution in [1.82, 2.24) is 10.2 Å². The predicted molar refractivity (Wildman–Crippen MR) is 87.8 cm³/mol. The lowest BCUT2D eigenvalue weighted by Gasteiger charge is -2.32. The molecule has 3 nitrogen and oxygen atoms in total. The van der Waals surface area contributed by atoms with Crippen LogP contribution in [0.5, 0.6) is 0 Å². The maximum atomic E-state index is 12.1. The van der Waals surface area contributed by atoms with Crippen molar-refractivity contribution < 1.29 is 4.79 Å². The zero-order chi connectivity index (χ0) is 15.2. The molecule has 1 N–H and O–H groups in total. The Labute approximate surface area is 136 Å². The minimum atomic E-state index is 0.0755. The molecule has 1 amide bonds. The summed E-state index contributed by atoms with van der Waals surface area (Å²) in [4.78, 5) is 14.4. The Kier molecular flexibility index (Phi) is 6.34. The Balaban J connectivity index is 1.96. The lowest BCUT2D eigenvalue weighted by atomic mass is 9.96. The van der Waals surface area contributed by atoms with Gasteiger partial charge in [-0.1, -0.05) is 36.2 Å². The van der Waals surface area contributed by atoms with Crippen LogP contribution in [-0.2, 0) is 11.3 Å². The molecule has 0 radical (unpaired) electrons. The van der Waals surface area contributed by atoms with Gasteiger partial charge in [0.15, 0.2) is 0 Å². The highest BCUT2D eigenvalue weighted by Gasteiger charge is 2.26. The molecule has 21 heavy (non-hydrogen) atoms. The zero-order valence-electron chi connectivity index (χ0n) is 12.4. The van der Waals surface area contributed by atoms with E-state index in [-0.39, 0.29) is 11.8 Å². The molecule has 1 aromatic rings. The van der Waals surface area contributed by atoms with Crippen LogP contribution in [0.4, 0.5) is 0 Å². The van der Waals surface area contributed by atoms with Crippen LogP contribution in [0.1, 0.15) is 31.7 Å². The van der Waals surface area contributed by atoms with E-state index in [0.717, 1.165) is 44.5 Å². The van der Waals surface area contributed by atoms with Crippen molar-refractivity contribution in [3.8, 4) is 0 Å². The number of hydrogen-bond donors (Lipinski definition) is 1. The van der Waals surface area contributed by atoms with Gasteiger partial charge in [0.2, 0.25) is 5.91 Å². The first-order valence-corrected chi connectivity index (χ1v) is 8.30. The first-order chi connectivity index (χ1) is 10.1.